The topological polar surface area (TPSA) is 45.4 Å². The first-order valence-electron chi connectivity index (χ1n) is 5.67. The van der Waals surface area contributed by atoms with Gasteiger partial charge in [-0.2, -0.15) is 0 Å². The highest BCUT2D eigenvalue weighted by Gasteiger charge is 2.14. The SMILES string of the molecule is CCC(CC)C(O)CNCc1ccoc1. The molecule has 1 aromatic heterocycles. The van der Waals surface area contributed by atoms with Gasteiger partial charge in [0.05, 0.1) is 18.6 Å². The van der Waals surface area contributed by atoms with Gasteiger partial charge in [0.25, 0.3) is 0 Å². The van der Waals surface area contributed by atoms with E-state index in [-0.39, 0.29) is 6.10 Å². The van der Waals surface area contributed by atoms with Gasteiger partial charge in [-0.25, -0.2) is 0 Å². The lowest BCUT2D eigenvalue weighted by Gasteiger charge is -2.20. The van der Waals surface area contributed by atoms with E-state index in [9.17, 15) is 5.11 Å². The maximum absolute atomic E-state index is 9.85. The summed E-state index contributed by atoms with van der Waals surface area (Å²) >= 11 is 0. The Labute approximate surface area is 91.5 Å². The number of hydrogen-bond donors (Lipinski definition) is 2. The summed E-state index contributed by atoms with van der Waals surface area (Å²) in [5.41, 5.74) is 1.12. The molecule has 1 atom stereocenters. The number of aliphatic hydroxyl groups is 1. The Morgan fingerprint density at radius 3 is 2.67 bits per heavy atom. The third kappa shape index (κ3) is 4.06. The van der Waals surface area contributed by atoms with Crippen LogP contribution in [0.1, 0.15) is 32.3 Å². The molecule has 86 valence electrons. The molecule has 0 bridgehead atoms. The van der Waals surface area contributed by atoms with Crippen molar-refractivity contribution in [2.45, 2.75) is 39.3 Å². The monoisotopic (exact) mass is 211 g/mol. The minimum Gasteiger partial charge on any atom is -0.472 e. The van der Waals surface area contributed by atoms with Crippen LogP contribution in [0.15, 0.2) is 23.0 Å². The van der Waals surface area contributed by atoms with Crippen molar-refractivity contribution >= 4 is 0 Å². The van der Waals surface area contributed by atoms with Crippen molar-refractivity contribution in [1.29, 1.82) is 0 Å². The standard InChI is InChI=1S/C12H21NO2/c1-3-11(4-2)12(14)8-13-7-10-5-6-15-9-10/h5-6,9,11-14H,3-4,7-8H2,1-2H3. The zero-order valence-corrected chi connectivity index (χ0v) is 9.57. The minimum atomic E-state index is -0.244. The van der Waals surface area contributed by atoms with E-state index in [4.69, 9.17) is 4.42 Å². The largest absolute Gasteiger partial charge is 0.472 e. The van der Waals surface area contributed by atoms with Gasteiger partial charge in [0, 0.05) is 18.7 Å². The zero-order chi connectivity index (χ0) is 11.1. The van der Waals surface area contributed by atoms with Crippen molar-refractivity contribution in [3.05, 3.63) is 24.2 Å². The molecule has 0 fully saturated rings. The molecule has 0 spiro atoms. The predicted octanol–water partition coefficient (Wildman–Crippen LogP) is 2.17. The third-order valence-electron chi connectivity index (χ3n) is 2.86. The molecule has 0 radical (unpaired) electrons. The molecule has 0 aliphatic heterocycles. The molecule has 3 nitrogen and oxygen atoms in total. The van der Waals surface area contributed by atoms with Crippen LogP contribution in [-0.2, 0) is 6.54 Å². The van der Waals surface area contributed by atoms with Gasteiger partial charge in [0.2, 0.25) is 0 Å². The van der Waals surface area contributed by atoms with Crippen molar-refractivity contribution in [2.75, 3.05) is 6.54 Å². The summed E-state index contributed by atoms with van der Waals surface area (Å²) in [4.78, 5) is 0. The van der Waals surface area contributed by atoms with E-state index >= 15 is 0 Å². The molecule has 0 amide bonds. The molecule has 15 heavy (non-hydrogen) atoms. The fourth-order valence-electron chi connectivity index (χ4n) is 1.76. The Morgan fingerprint density at radius 1 is 1.40 bits per heavy atom. The number of nitrogens with one attached hydrogen (secondary N) is 1. The van der Waals surface area contributed by atoms with E-state index in [2.05, 4.69) is 19.2 Å². The quantitative estimate of drug-likeness (QED) is 0.726. The van der Waals surface area contributed by atoms with E-state index in [0.717, 1.165) is 24.9 Å². The summed E-state index contributed by atoms with van der Waals surface area (Å²) in [6.07, 6.45) is 5.20. The van der Waals surface area contributed by atoms with E-state index in [1.165, 1.54) is 0 Å². The summed E-state index contributed by atoms with van der Waals surface area (Å²) in [5.74, 6) is 0.404. The van der Waals surface area contributed by atoms with Crippen molar-refractivity contribution in [3.63, 3.8) is 0 Å². The molecule has 1 unspecified atom stereocenters. The highest BCUT2D eigenvalue weighted by atomic mass is 16.3. The Hall–Kier alpha value is -0.800. The van der Waals surface area contributed by atoms with E-state index in [0.29, 0.717) is 12.5 Å². The van der Waals surface area contributed by atoms with Crippen molar-refractivity contribution in [2.24, 2.45) is 5.92 Å². The van der Waals surface area contributed by atoms with Gasteiger partial charge in [-0.1, -0.05) is 26.7 Å². The first-order chi connectivity index (χ1) is 7.27. The smallest absolute Gasteiger partial charge is 0.0947 e. The fraction of sp³-hybridized carbons (Fsp3) is 0.667. The average Bonchev–Trinajstić information content (AvgIpc) is 2.72. The van der Waals surface area contributed by atoms with Crippen LogP contribution in [0.3, 0.4) is 0 Å². The van der Waals surface area contributed by atoms with Crippen LogP contribution < -0.4 is 5.32 Å². The lowest BCUT2D eigenvalue weighted by atomic mass is 9.96. The number of rotatable bonds is 7. The highest BCUT2D eigenvalue weighted by Crippen LogP contribution is 2.12. The second-order valence-corrected chi connectivity index (χ2v) is 3.91. The van der Waals surface area contributed by atoms with Crippen LogP contribution in [0.4, 0.5) is 0 Å². The molecule has 0 aliphatic carbocycles. The zero-order valence-electron chi connectivity index (χ0n) is 9.57. The van der Waals surface area contributed by atoms with Crippen LogP contribution in [0.25, 0.3) is 0 Å². The number of furan rings is 1. The summed E-state index contributed by atoms with van der Waals surface area (Å²) in [6, 6.07) is 1.93. The fourth-order valence-corrected chi connectivity index (χ4v) is 1.76. The van der Waals surface area contributed by atoms with Crippen LogP contribution >= 0.6 is 0 Å². The van der Waals surface area contributed by atoms with Gasteiger partial charge < -0.3 is 14.8 Å². The molecule has 0 aromatic carbocycles. The summed E-state index contributed by atoms with van der Waals surface area (Å²) in [5, 5.41) is 13.1. The van der Waals surface area contributed by atoms with Crippen LogP contribution in [0.5, 0.6) is 0 Å². The van der Waals surface area contributed by atoms with Gasteiger partial charge in [0.1, 0.15) is 0 Å². The van der Waals surface area contributed by atoms with E-state index < -0.39 is 0 Å². The van der Waals surface area contributed by atoms with Crippen molar-refractivity contribution in [3.8, 4) is 0 Å². The average molecular weight is 211 g/mol. The molecule has 1 rings (SSSR count). The maximum atomic E-state index is 9.85. The van der Waals surface area contributed by atoms with E-state index in [1.807, 2.05) is 6.07 Å². The van der Waals surface area contributed by atoms with Gasteiger partial charge in [-0.3, -0.25) is 0 Å². The third-order valence-corrected chi connectivity index (χ3v) is 2.86. The molecule has 0 saturated heterocycles. The molecule has 2 N–H and O–H groups in total. The van der Waals surface area contributed by atoms with Crippen LogP contribution in [0, 0.1) is 5.92 Å². The highest BCUT2D eigenvalue weighted by molar-refractivity contribution is 5.04. The number of hydrogen-bond acceptors (Lipinski definition) is 3. The van der Waals surface area contributed by atoms with Gasteiger partial charge >= 0.3 is 0 Å². The molecular weight excluding hydrogens is 190 g/mol. The lowest BCUT2D eigenvalue weighted by molar-refractivity contribution is 0.101. The van der Waals surface area contributed by atoms with Crippen LogP contribution in [-0.4, -0.2) is 17.8 Å². The Kier molecular flexibility index (Phi) is 5.43. The normalized spacial score (nSPS) is 13.3. The van der Waals surface area contributed by atoms with E-state index in [1.54, 1.807) is 12.5 Å². The second-order valence-electron chi connectivity index (χ2n) is 3.91. The van der Waals surface area contributed by atoms with Gasteiger partial charge in [-0.05, 0) is 12.0 Å². The Bertz CT molecular complexity index is 242. The second kappa shape index (κ2) is 6.64. The molecule has 1 heterocycles. The van der Waals surface area contributed by atoms with Gasteiger partial charge in [-0.15, -0.1) is 0 Å². The molecular formula is C12H21NO2. The number of aliphatic hydroxyl groups excluding tert-OH is 1. The Morgan fingerprint density at radius 2 is 2.13 bits per heavy atom. The summed E-state index contributed by atoms with van der Waals surface area (Å²) in [7, 11) is 0. The summed E-state index contributed by atoms with van der Waals surface area (Å²) in [6.45, 7) is 5.64. The molecule has 0 aliphatic rings. The molecule has 1 aromatic rings. The van der Waals surface area contributed by atoms with Gasteiger partial charge in [0.15, 0.2) is 0 Å². The van der Waals surface area contributed by atoms with Crippen molar-refractivity contribution in [1.82, 2.24) is 5.32 Å². The minimum absolute atomic E-state index is 0.244. The molecule has 0 saturated carbocycles. The summed E-state index contributed by atoms with van der Waals surface area (Å²) < 4.78 is 4.96. The first kappa shape index (κ1) is 12.3. The Balaban J connectivity index is 2.19. The molecule has 3 heteroatoms. The van der Waals surface area contributed by atoms with Crippen molar-refractivity contribution < 1.29 is 9.52 Å². The maximum Gasteiger partial charge on any atom is 0.0947 e. The predicted molar refractivity (Wildman–Crippen MR) is 60.5 cm³/mol. The lowest BCUT2D eigenvalue weighted by Crippen LogP contribution is -2.32. The first-order valence-corrected chi connectivity index (χ1v) is 5.67. The van der Waals surface area contributed by atoms with Crippen LogP contribution in [0.2, 0.25) is 0 Å².